The van der Waals surface area contributed by atoms with Gasteiger partial charge in [-0.05, 0) is 50.3 Å². The molecule has 1 N–H and O–H groups in total. The van der Waals surface area contributed by atoms with Crippen LogP contribution in [0.4, 0.5) is 13.2 Å². The Balaban J connectivity index is 1.94. The molecule has 0 saturated carbocycles. The molecule has 2 unspecified atom stereocenters. The molecule has 0 spiro atoms. The number of carbonyl (C=O) groups is 2. The largest absolute Gasteiger partial charge is 0.497 e. The number of amides is 1. The van der Waals surface area contributed by atoms with E-state index in [2.05, 4.69) is 11.9 Å². The summed E-state index contributed by atoms with van der Waals surface area (Å²) in [5, 5.41) is 3.27. The van der Waals surface area contributed by atoms with Gasteiger partial charge in [0.1, 0.15) is 11.2 Å². The lowest BCUT2D eigenvalue weighted by Gasteiger charge is -2.49. The van der Waals surface area contributed by atoms with Gasteiger partial charge in [0.2, 0.25) is 5.91 Å². The Bertz CT molecular complexity index is 1070. The normalized spacial score (nSPS) is 22.6. The molecule has 2 saturated heterocycles. The van der Waals surface area contributed by atoms with Crippen LogP contribution in [0.1, 0.15) is 45.1 Å². The van der Waals surface area contributed by atoms with Gasteiger partial charge in [-0.1, -0.05) is 25.6 Å². The van der Waals surface area contributed by atoms with Gasteiger partial charge < -0.3 is 29.3 Å². The highest BCUT2D eigenvalue weighted by atomic mass is 19.4. The summed E-state index contributed by atoms with van der Waals surface area (Å²) in [6.45, 7) is 10.2. The molecular weight excluding hydrogens is 551 g/mol. The van der Waals surface area contributed by atoms with Gasteiger partial charge in [-0.3, -0.25) is 9.59 Å². The molecule has 1 aromatic rings. The van der Waals surface area contributed by atoms with Crippen LogP contribution in [0.2, 0.25) is 0 Å². The standard InChI is InChI=1S/C31H46F3N3O5/c1-20(19-40-5)18-37(28(38)27-17-35-16-26(27)23-8-10-25(41-6)11-9-23)22(3)30(4,31(32,33)34)21(2)36-14-12-24(13-15-36)29(39)42-7/h8-11,20,22,24,26-27,35H,2,12-19H2,1,3-7H3/t20-,22?,26+,27-,30?/m1/s1. The highest BCUT2D eigenvalue weighted by Gasteiger charge is 2.60. The first-order valence-electron chi connectivity index (χ1n) is 14.5. The van der Waals surface area contributed by atoms with E-state index in [0.717, 1.165) is 12.5 Å². The van der Waals surface area contributed by atoms with Crippen LogP contribution in [0.25, 0.3) is 0 Å². The van der Waals surface area contributed by atoms with Crippen LogP contribution in [0.15, 0.2) is 36.5 Å². The number of halogens is 3. The third-order valence-corrected chi connectivity index (χ3v) is 9.22. The van der Waals surface area contributed by atoms with Crippen molar-refractivity contribution in [3.05, 3.63) is 42.1 Å². The first-order chi connectivity index (χ1) is 19.8. The van der Waals surface area contributed by atoms with Gasteiger partial charge in [0, 0.05) is 57.5 Å². The number of hydrogen-bond acceptors (Lipinski definition) is 7. The molecule has 1 amide bonds. The van der Waals surface area contributed by atoms with Crippen molar-refractivity contribution in [3.63, 3.8) is 0 Å². The molecule has 0 aliphatic carbocycles. The van der Waals surface area contributed by atoms with E-state index in [4.69, 9.17) is 14.2 Å². The molecule has 1 aromatic carbocycles. The fourth-order valence-electron chi connectivity index (χ4n) is 6.30. The Morgan fingerprint density at radius 3 is 2.24 bits per heavy atom. The summed E-state index contributed by atoms with van der Waals surface area (Å²) in [6.07, 6.45) is -3.95. The molecule has 236 valence electrons. The first-order valence-corrected chi connectivity index (χ1v) is 14.5. The Hall–Kier alpha value is -2.79. The highest BCUT2D eigenvalue weighted by molar-refractivity contribution is 5.81. The van der Waals surface area contributed by atoms with Gasteiger partial charge in [-0.2, -0.15) is 13.2 Å². The second-order valence-electron chi connectivity index (χ2n) is 11.8. The second-order valence-corrected chi connectivity index (χ2v) is 11.8. The van der Waals surface area contributed by atoms with E-state index in [-0.39, 0.29) is 55.0 Å². The third kappa shape index (κ3) is 7.05. The fraction of sp³-hybridized carbons (Fsp3) is 0.677. The number of methoxy groups -OCH3 is 3. The Morgan fingerprint density at radius 1 is 1.10 bits per heavy atom. The molecule has 42 heavy (non-hydrogen) atoms. The highest BCUT2D eigenvalue weighted by Crippen LogP contribution is 2.50. The number of carbonyl (C=O) groups excluding carboxylic acids is 2. The summed E-state index contributed by atoms with van der Waals surface area (Å²) < 4.78 is 60.9. The molecule has 2 fully saturated rings. The minimum atomic E-state index is -4.70. The molecule has 5 atom stereocenters. The van der Waals surface area contributed by atoms with Crippen LogP contribution in [0.5, 0.6) is 5.75 Å². The molecule has 0 bridgehead atoms. The number of piperidine rings is 1. The molecule has 2 aliphatic heterocycles. The summed E-state index contributed by atoms with van der Waals surface area (Å²) in [6, 6.07) is 6.19. The minimum Gasteiger partial charge on any atom is -0.497 e. The van der Waals surface area contributed by atoms with Crippen molar-refractivity contribution in [2.24, 2.45) is 23.2 Å². The summed E-state index contributed by atoms with van der Waals surface area (Å²) in [5.41, 5.74) is -1.61. The van der Waals surface area contributed by atoms with E-state index in [0.29, 0.717) is 38.3 Å². The van der Waals surface area contributed by atoms with E-state index >= 15 is 13.2 Å². The van der Waals surface area contributed by atoms with Crippen molar-refractivity contribution in [3.8, 4) is 5.75 Å². The number of hydrogen-bond donors (Lipinski definition) is 1. The smallest absolute Gasteiger partial charge is 0.401 e. The van der Waals surface area contributed by atoms with Crippen molar-refractivity contribution in [1.82, 2.24) is 15.1 Å². The monoisotopic (exact) mass is 597 g/mol. The zero-order chi connectivity index (χ0) is 31.2. The van der Waals surface area contributed by atoms with Crippen molar-refractivity contribution < 1.29 is 37.0 Å². The van der Waals surface area contributed by atoms with Crippen LogP contribution < -0.4 is 10.1 Å². The maximum absolute atomic E-state index is 15.2. The molecule has 0 aromatic heterocycles. The second kappa shape index (κ2) is 14.1. The Kier molecular flexibility index (Phi) is 11.3. The van der Waals surface area contributed by atoms with Crippen LogP contribution >= 0.6 is 0 Å². The lowest BCUT2D eigenvalue weighted by atomic mass is 9.76. The SMILES string of the molecule is C=C(N1CCC(C(=O)OC)CC1)C(C)(C(C)N(C[C@@H](C)COC)C(=O)[C@@H]1CNC[C@H]1c1ccc(OC)cc1)C(F)(F)F. The number of esters is 1. The average molecular weight is 598 g/mol. The first kappa shape index (κ1) is 33.7. The van der Waals surface area contributed by atoms with E-state index in [1.54, 1.807) is 12.0 Å². The minimum absolute atomic E-state index is 0.0979. The molecular formula is C31H46F3N3O5. The van der Waals surface area contributed by atoms with Crippen molar-refractivity contribution in [2.75, 3.05) is 60.7 Å². The van der Waals surface area contributed by atoms with E-state index < -0.39 is 23.6 Å². The number of ether oxygens (including phenoxy) is 3. The van der Waals surface area contributed by atoms with Crippen LogP contribution in [0, 0.1) is 23.2 Å². The van der Waals surface area contributed by atoms with E-state index in [1.165, 1.54) is 26.0 Å². The van der Waals surface area contributed by atoms with E-state index in [9.17, 15) is 9.59 Å². The van der Waals surface area contributed by atoms with Gasteiger partial charge in [0.05, 0.1) is 32.7 Å². The van der Waals surface area contributed by atoms with Crippen molar-refractivity contribution in [2.45, 2.75) is 51.7 Å². The number of nitrogens with one attached hydrogen (secondary N) is 1. The van der Waals surface area contributed by atoms with Crippen molar-refractivity contribution in [1.29, 1.82) is 0 Å². The maximum Gasteiger partial charge on any atom is 0.401 e. The summed E-state index contributed by atoms with van der Waals surface area (Å²) in [5.74, 6) is -1.29. The zero-order valence-corrected chi connectivity index (χ0v) is 25.6. The van der Waals surface area contributed by atoms with E-state index in [1.807, 2.05) is 31.2 Å². The van der Waals surface area contributed by atoms with Gasteiger partial charge in [-0.15, -0.1) is 0 Å². The number of likely N-dealkylation sites (tertiary alicyclic amines) is 1. The summed E-state index contributed by atoms with van der Waals surface area (Å²) in [7, 11) is 4.42. The molecule has 2 aliphatic rings. The summed E-state index contributed by atoms with van der Waals surface area (Å²) >= 11 is 0. The van der Waals surface area contributed by atoms with Crippen LogP contribution in [0.3, 0.4) is 0 Å². The molecule has 8 nitrogen and oxygen atoms in total. The number of benzene rings is 1. The number of rotatable bonds is 12. The number of alkyl halides is 3. The Labute approximate surface area is 247 Å². The van der Waals surface area contributed by atoms with Gasteiger partial charge in [-0.25, -0.2) is 0 Å². The van der Waals surface area contributed by atoms with Crippen LogP contribution in [-0.4, -0.2) is 94.6 Å². The van der Waals surface area contributed by atoms with Gasteiger partial charge in [0.25, 0.3) is 0 Å². The maximum atomic E-state index is 15.2. The van der Waals surface area contributed by atoms with Gasteiger partial charge >= 0.3 is 12.1 Å². The lowest BCUT2D eigenvalue weighted by molar-refractivity contribution is -0.229. The zero-order valence-electron chi connectivity index (χ0n) is 25.6. The lowest BCUT2D eigenvalue weighted by Crippen LogP contribution is -2.59. The quantitative estimate of drug-likeness (QED) is 0.357. The molecule has 11 heteroatoms. The Morgan fingerprint density at radius 2 is 1.71 bits per heavy atom. The van der Waals surface area contributed by atoms with Gasteiger partial charge in [0.15, 0.2) is 0 Å². The predicted octanol–water partition coefficient (Wildman–Crippen LogP) is 4.47. The van der Waals surface area contributed by atoms with Crippen molar-refractivity contribution >= 4 is 11.9 Å². The fourth-order valence-corrected chi connectivity index (χ4v) is 6.30. The average Bonchev–Trinajstić information content (AvgIpc) is 3.47. The summed E-state index contributed by atoms with van der Waals surface area (Å²) in [4.78, 5) is 29.3. The molecule has 0 radical (unpaired) electrons. The van der Waals surface area contributed by atoms with Crippen LogP contribution in [-0.2, 0) is 19.1 Å². The number of nitrogens with zero attached hydrogens (tertiary/aromatic N) is 2. The molecule has 2 heterocycles. The predicted molar refractivity (Wildman–Crippen MR) is 154 cm³/mol. The molecule has 3 rings (SSSR count). The third-order valence-electron chi connectivity index (χ3n) is 9.22. The topological polar surface area (TPSA) is 80.3 Å².